The molecule has 1 spiro atoms. The molecule has 0 amide bonds. The summed E-state index contributed by atoms with van der Waals surface area (Å²) in [6, 6.07) is 65.9. The number of hydrogen-bond donors (Lipinski definition) is 0. The Morgan fingerprint density at radius 3 is 1.77 bits per heavy atom. The van der Waals surface area contributed by atoms with Crippen LogP contribution in [0, 0.1) is 0 Å². The molecule has 290 valence electrons. The number of halogens is 1. The van der Waals surface area contributed by atoms with Crippen molar-refractivity contribution in [2.45, 2.75) is 28.1 Å². The molecule has 1 aliphatic heterocycles. The van der Waals surface area contributed by atoms with Crippen molar-refractivity contribution in [3.05, 3.63) is 239 Å². The van der Waals surface area contributed by atoms with E-state index < -0.39 is 5.41 Å². The van der Waals surface area contributed by atoms with E-state index in [0.29, 0.717) is 23.2 Å². The molecule has 3 nitrogen and oxygen atoms in total. The van der Waals surface area contributed by atoms with Crippen LogP contribution in [0.2, 0.25) is 0 Å². The summed E-state index contributed by atoms with van der Waals surface area (Å²) in [5.74, 6) is 3.12. The van der Waals surface area contributed by atoms with E-state index in [1.54, 1.807) is 0 Å². The second-order valence-electron chi connectivity index (χ2n) is 16.9. The molecule has 4 aliphatic carbocycles. The molecule has 0 radical (unpaired) electrons. The molecule has 0 N–H and O–H groups in total. The molecule has 61 heavy (non-hydrogen) atoms. The topological polar surface area (TPSA) is 21.7 Å². The average molecular weight is 896 g/mol. The van der Waals surface area contributed by atoms with E-state index in [0.717, 1.165) is 29.2 Å². The minimum Gasteiger partial charge on any atom is -0.449 e. The summed E-state index contributed by atoms with van der Waals surface area (Å²) in [4.78, 5) is 2.29. The number of nitrogens with zero attached hydrogens (tertiary/aromatic N) is 1. The van der Waals surface area contributed by atoms with Gasteiger partial charge in [0.25, 0.3) is 0 Å². The Labute approximate surface area is 369 Å². The van der Waals surface area contributed by atoms with Crippen molar-refractivity contribution in [2.75, 3.05) is 4.90 Å². The van der Waals surface area contributed by atoms with Crippen LogP contribution in [0.15, 0.2) is 200 Å². The van der Waals surface area contributed by atoms with E-state index in [1.165, 1.54) is 72.3 Å². The molecule has 8 aromatic carbocycles. The summed E-state index contributed by atoms with van der Waals surface area (Å²) < 4.78 is 14.0. The molecule has 13 rings (SSSR count). The quantitative estimate of drug-likeness (QED) is 0.130. The number of para-hydroxylation sites is 2. The zero-order chi connectivity index (χ0) is 40.5. The van der Waals surface area contributed by atoms with Gasteiger partial charge in [-0.3, -0.25) is 0 Å². The first-order chi connectivity index (χ1) is 30.0. The molecule has 2 atom stereocenters. The zero-order valence-electron chi connectivity index (χ0n) is 33.4. The number of anilines is 3. The van der Waals surface area contributed by atoms with Crippen LogP contribution in [0.25, 0.3) is 27.8 Å². The summed E-state index contributed by atoms with van der Waals surface area (Å²) >= 11 is 2.66. The fourth-order valence-corrected chi connectivity index (χ4v) is 12.1. The van der Waals surface area contributed by atoms with Crippen LogP contribution < -0.4 is 14.4 Å². The van der Waals surface area contributed by atoms with E-state index in [4.69, 9.17) is 9.47 Å². The minimum absolute atomic E-state index is 0.0118. The van der Waals surface area contributed by atoms with Gasteiger partial charge in [0.1, 0.15) is 0 Å². The maximum atomic E-state index is 7.09. The molecule has 1 heterocycles. The third kappa shape index (κ3) is 4.85. The second-order valence-corrected chi connectivity index (χ2v) is 19.1. The molecule has 0 aromatic heterocycles. The summed E-state index contributed by atoms with van der Waals surface area (Å²) in [6.07, 6.45) is 5.77. The fraction of sp³-hybridized carbons (Fsp3) is 0.0877. The van der Waals surface area contributed by atoms with Crippen LogP contribution in [-0.2, 0) is 8.84 Å². The number of hydrogen-bond acceptors (Lipinski definition) is 3. The van der Waals surface area contributed by atoms with Gasteiger partial charge in [-0.05, 0) is 134 Å². The smallest absolute Gasteiger partial charge is 0.194 e. The number of rotatable bonds is 4. The van der Waals surface area contributed by atoms with Gasteiger partial charge in [0, 0.05) is 17.3 Å². The Kier molecular flexibility index (Phi) is 7.46. The molecule has 0 fully saturated rings. The lowest BCUT2D eigenvalue weighted by atomic mass is 9.70. The lowest BCUT2D eigenvalue weighted by Gasteiger charge is -2.32. The minimum atomic E-state index is -0.458. The van der Waals surface area contributed by atoms with Gasteiger partial charge in [-0.2, -0.15) is 0 Å². The normalized spacial score (nSPS) is 18.8. The van der Waals surface area contributed by atoms with Gasteiger partial charge in [0.05, 0.1) is 14.5 Å². The van der Waals surface area contributed by atoms with Gasteiger partial charge >= 0.3 is 0 Å². The summed E-state index contributed by atoms with van der Waals surface area (Å²) in [5, 5.41) is 0. The summed E-state index contributed by atoms with van der Waals surface area (Å²) in [7, 11) is 0. The Bertz CT molecular complexity index is 3170. The van der Waals surface area contributed by atoms with E-state index in [-0.39, 0.29) is 3.42 Å². The second kappa shape index (κ2) is 12.9. The summed E-state index contributed by atoms with van der Waals surface area (Å²) in [6.45, 7) is 2.37. The summed E-state index contributed by atoms with van der Waals surface area (Å²) in [5.41, 5.74) is 19.7. The lowest BCUT2D eigenvalue weighted by molar-refractivity contribution is 0.360. The standard InChI is InChI=1S/C57H38INO2/c1-56(58)45-20-9-5-16-39(45)43-31-28-36(32-49(43)56)35-26-29-38(30-27-35)59(37-14-3-2-4-15-37)51-24-13-25-52-55(51)61-53-33-44-42-19-8-12-23-48(42)57(50(44)34-54(53)60-52)46-21-10-6-17-40(46)41-18-7-11-22-47(41)57/h2-31,33-34,36H,32H2,1H3/t36-,56?/m1/s1. The number of alkyl halides is 1. The first-order valence-corrected chi connectivity index (χ1v) is 22.2. The Hall–Kier alpha value is -6.63. The van der Waals surface area contributed by atoms with Crippen molar-refractivity contribution in [3.8, 4) is 45.3 Å². The third-order valence-electron chi connectivity index (χ3n) is 13.8. The first kappa shape index (κ1) is 35.2. The molecule has 4 heteroatoms. The third-order valence-corrected chi connectivity index (χ3v) is 15.1. The van der Waals surface area contributed by atoms with Crippen molar-refractivity contribution in [1.29, 1.82) is 0 Å². The number of benzene rings is 8. The monoisotopic (exact) mass is 895 g/mol. The molecule has 0 bridgehead atoms. The van der Waals surface area contributed by atoms with Crippen LogP contribution >= 0.6 is 22.6 Å². The average Bonchev–Trinajstić information content (AvgIpc) is 3.86. The maximum Gasteiger partial charge on any atom is 0.194 e. The highest BCUT2D eigenvalue weighted by Gasteiger charge is 2.52. The van der Waals surface area contributed by atoms with Gasteiger partial charge in [-0.1, -0.05) is 168 Å². The van der Waals surface area contributed by atoms with Crippen molar-refractivity contribution in [1.82, 2.24) is 0 Å². The van der Waals surface area contributed by atoms with E-state index >= 15 is 0 Å². The van der Waals surface area contributed by atoms with Crippen LogP contribution in [0.5, 0.6) is 23.0 Å². The SMILES string of the molecule is CC1(I)C2=C(C=C[C@@H](c3ccc(N(c4ccccc4)c4cccc5c4Oc4cc6c(cc4O5)C4(c5ccccc5-c5ccccc54)c4ccccc4-6)cc3)C2)c2ccccc21. The highest BCUT2D eigenvalue weighted by atomic mass is 127. The van der Waals surface area contributed by atoms with Crippen molar-refractivity contribution in [2.24, 2.45) is 0 Å². The van der Waals surface area contributed by atoms with Gasteiger partial charge in [0.2, 0.25) is 0 Å². The molecule has 0 saturated heterocycles. The van der Waals surface area contributed by atoms with Crippen molar-refractivity contribution >= 4 is 45.2 Å². The number of ether oxygens (including phenoxy) is 2. The van der Waals surface area contributed by atoms with Crippen LogP contribution in [0.3, 0.4) is 0 Å². The largest absolute Gasteiger partial charge is 0.449 e. The Morgan fingerprint density at radius 1 is 0.508 bits per heavy atom. The highest BCUT2D eigenvalue weighted by molar-refractivity contribution is 14.1. The molecule has 8 aromatic rings. The highest BCUT2D eigenvalue weighted by Crippen LogP contribution is 2.65. The maximum absolute atomic E-state index is 7.09. The van der Waals surface area contributed by atoms with Gasteiger partial charge < -0.3 is 14.4 Å². The van der Waals surface area contributed by atoms with Gasteiger partial charge in [0.15, 0.2) is 23.0 Å². The lowest BCUT2D eigenvalue weighted by Crippen LogP contribution is -2.25. The fourth-order valence-electron chi connectivity index (χ4n) is 11.2. The zero-order valence-corrected chi connectivity index (χ0v) is 35.6. The van der Waals surface area contributed by atoms with E-state index in [2.05, 4.69) is 222 Å². The van der Waals surface area contributed by atoms with E-state index in [9.17, 15) is 0 Å². The first-order valence-electron chi connectivity index (χ1n) is 21.1. The van der Waals surface area contributed by atoms with Crippen LogP contribution in [-0.4, -0.2) is 0 Å². The molecular formula is C57H38INO2. The predicted molar refractivity (Wildman–Crippen MR) is 255 cm³/mol. The van der Waals surface area contributed by atoms with Crippen LogP contribution in [0.1, 0.15) is 58.2 Å². The number of allylic oxidation sites excluding steroid dienone is 4. The van der Waals surface area contributed by atoms with Crippen LogP contribution in [0.4, 0.5) is 17.1 Å². The number of fused-ring (bicyclic) bond motifs is 14. The Morgan fingerprint density at radius 2 is 1.08 bits per heavy atom. The van der Waals surface area contributed by atoms with Crippen molar-refractivity contribution < 1.29 is 9.47 Å². The predicted octanol–water partition coefficient (Wildman–Crippen LogP) is 15.6. The molecule has 1 unspecified atom stereocenters. The molecular weight excluding hydrogens is 858 g/mol. The van der Waals surface area contributed by atoms with Gasteiger partial charge in [-0.25, -0.2) is 0 Å². The molecule has 5 aliphatic rings. The van der Waals surface area contributed by atoms with Gasteiger partial charge in [-0.15, -0.1) is 0 Å². The Balaban J connectivity index is 0.889. The van der Waals surface area contributed by atoms with E-state index in [1.807, 2.05) is 6.07 Å². The molecule has 0 saturated carbocycles. The van der Waals surface area contributed by atoms with Crippen molar-refractivity contribution in [3.63, 3.8) is 0 Å².